The van der Waals surface area contributed by atoms with E-state index in [1.165, 1.54) is 4.90 Å². The second-order valence-electron chi connectivity index (χ2n) is 5.28. The Morgan fingerprint density at radius 3 is 2.30 bits per heavy atom. The number of carbonyl (C=O) groups excluding carboxylic acids is 3. The number of nitrogens with zero attached hydrogens (tertiary/aromatic N) is 2. The fraction of sp³-hybridized carbons (Fsp3) is 0.471. The monoisotopic (exact) mass is 318 g/mol. The molecule has 1 aromatic rings. The highest BCUT2D eigenvalue weighted by Gasteiger charge is 2.41. The first-order chi connectivity index (χ1) is 11.0. The van der Waals surface area contributed by atoms with E-state index in [0.29, 0.717) is 17.9 Å². The molecule has 1 aliphatic heterocycles. The summed E-state index contributed by atoms with van der Waals surface area (Å²) in [7, 11) is 0. The van der Waals surface area contributed by atoms with E-state index in [1.807, 2.05) is 18.7 Å². The van der Waals surface area contributed by atoms with Crippen molar-refractivity contribution < 1.29 is 19.1 Å². The third kappa shape index (κ3) is 3.42. The smallest absolute Gasteiger partial charge is 0.338 e. The molecule has 0 radical (unpaired) electrons. The SMILES string of the molecule is CCOC(=O)c1ccc(N2C(=O)C[C@@H](N(CC)CC)C2=O)cc1. The normalized spacial score (nSPS) is 17.9. The molecule has 1 heterocycles. The van der Waals surface area contributed by atoms with Gasteiger partial charge in [0.1, 0.15) is 0 Å². The van der Waals surface area contributed by atoms with Gasteiger partial charge in [0.2, 0.25) is 5.91 Å². The van der Waals surface area contributed by atoms with E-state index in [2.05, 4.69) is 0 Å². The summed E-state index contributed by atoms with van der Waals surface area (Å²) in [5.74, 6) is -0.836. The molecule has 0 aliphatic carbocycles. The minimum absolute atomic E-state index is 0.195. The van der Waals surface area contributed by atoms with Crippen molar-refractivity contribution in [1.82, 2.24) is 4.90 Å². The van der Waals surface area contributed by atoms with Gasteiger partial charge in [-0.05, 0) is 44.3 Å². The summed E-state index contributed by atoms with van der Waals surface area (Å²) >= 11 is 0. The van der Waals surface area contributed by atoms with Gasteiger partial charge in [0.05, 0.1) is 30.3 Å². The van der Waals surface area contributed by atoms with Crippen LogP contribution in [0.2, 0.25) is 0 Å². The van der Waals surface area contributed by atoms with Crippen LogP contribution in [0.25, 0.3) is 0 Å². The van der Waals surface area contributed by atoms with Crippen LogP contribution in [0.3, 0.4) is 0 Å². The van der Waals surface area contributed by atoms with Crippen molar-refractivity contribution in [3.63, 3.8) is 0 Å². The van der Waals surface area contributed by atoms with Crippen molar-refractivity contribution in [2.75, 3.05) is 24.6 Å². The van der Waals surface area contributed by atoms with Crippen molar-refractivity contribution in [2.24, 2.45) is 0 Å². The van der Waals surface area contributed by atoms with Gasteiger partial charge in [-0.25, -0.2) is 9.69 Å². The lowest BCUT2D eigenvalue weighted by molar-refractivity contribution is -0.122. The van der Waals surface area contributed by atoms with E-state index >= 15 is 0 Å². The summed E-state index contributed by atoms with van der Waals surface area (Å²) in [6.45, 7) is 7.41. The Bertz CT molecular complexity index is 593. The van der Waals surface area contributed by atoms with E-state index in [9.17, 15) is 14.4 Å². The predicted molar refractivity (Wildman–Crippen MR) is 86.2 cm³/mol. The number of imide groups is 1. The minimum atomic E-state index is -0.417. The molecule has 23 heavy (non-hydrogen) atoms. The minimum Gasteiger partial charge on any atom is -0.462 e. The first kappa shape index (κ1) is 17.1. The zero-order chi connectivity index (χ0) is 17.0. The van der Waals surface area contributed by atoms with Gasteiger partial charge in [-0.3, -0.25) is 14.5 Å². The van der Waals surface area contributed by atoms with Gasteiger partial charge in [0, 0.05) is 0 Å². The molecule has 0 saturated carbocycles. The molecule has 124 valence electrons. The Hall–Kier alpha value is -2.21. The van der Waals surface area contributed by atoms with Crippen molar-refractivity contribution in [3.8, 4) is 0 Å². The summed E-state index contributed by atoms with van der Waals surface area (Å²) in [6.07, 6.45) is 0.195. The lowest BCUT2D eigenvalue weighted by Crippen LogP contribution is -2.42. The van der Waals surface area contributed by atoms with E-state index in [0.717, 1.165) is 13.1 Å². The van der Waals surface area contributed by atoms with Crippen molar-refractivity contribution in [2.45, 2.75) is 33.2 Å². The lowest BCUT2D eigenvalue weighted by Gasteiger charge is -2.24. The standard InChI is InChI=1S/C17H22N2O4/c1-4-18(5-2)14-11-15(20)19(16(14)21)13-9-7-12(8-10-13)17(22)23-6-3/h7-10,14H,4-6,11H2,1-3H3/t14-/m1/s1. The van der Waals surface area contributed by atoms with Crippen molar-refractivity contribution in [1.29, 1.82) is 0 Å². The first-order valence-electron chi connectivity index (χ1n) is 7.91. The highest BCUT2D eigenvalue weighted by Crippen LogP contribution is 2.26. The van der Waals surface area contributed by atoms with Crippen LogP contribution in [-0.2, 0) is 14.3 Å². The maximum Gasteiger partial charge on any atom is 0.338 e. The molecule has 1 atom stereocenters. The number of esters is 1. The third-order valence-electron chi connectivity index (χ3n) is 4.01. The number of hydrogen-bond donors (Lipinski definition) is 0. The number of hydrogen-bond acceptors (Lipinski definition) is 5. The zero-order valence-electron chi connectivity index (χ0n) is 13.7. The van der Waals surface area contributed by atoms with Crippen LogP contribution in [0.1, 0.15) is 37.6 Å². The molecule has 1 aliphatic rings. The van der Waals surface area contributed by atoms with Crippen LogP contribution in [0, 0.1) is 0 Å². The Kier molecular flexibility index (Phi) is 5.50. The van der Waals surface area contributed by atoms with Crippen molar-refractivity contribution in [3.05, 3.63) is 29.8 Å². The van der Waals surface area contributed by atoms with E-state index in [-0.39, 0.29) is 18.2 Å². The van der Waals surface area contributed by atoms with Gasteiger partial charge >= 0.3 is 5.97 Å². The summed E-state index contributed by atoms with van der Waals surface area (Å²) in [5, 5.41) is 0. The predicted octanol–water partition coefficient (Wildman–Crippen LogP) is 1.84. The largest absolute Gasteiger partial charge is 0.462 e. The van der Waals surface area contributed by atoms with Crippen LogP contribution < -0.4 is 4.90 Å². The van der Waals surface area contributed by atoms with Gasteiger partial charge in [0.25, 0.3) is 5.91 Å². The summed E-state index contributed by atoms with van der Waals surface area (Å²) in [6, 6.07) is 5.94. The van der Waals surface area contributed by atoms with E-state index in [4.69, 9.17) is 4.74 Å². The van der Waals surface area contributed by atoms with Crippen LogP contribution in [0.15, 0.2) is 24.3 Å². The molecule has 1 aromatic carbocycles. The molecule has 0 N–H and O–H groups in total. The number of carbonyl (C=O) groups is 3. The molecule has 1 saturated heterocycles. The Labute approximate surface area is 136 Å². The Morgan fingerprint density at radius 1 is 1.17 bits per heavy atom. The quantitative estimate of drug-likeness (QED) is 0.591. The number of benzene rings is 1. The number of rotatable bonds is 6. The topological polar surface area (TPSA) is 66.9 Å². The molecule has 2 rings (SSSR count). The molecule has 1 fully saturated rings. The Balaban J connectivity index is 2.20. The molecule has 6 heteroatoms. The summed E-state index contributed by atoms with van der Waals surface area (Å²) in [4.78, 5) is 39.6. The first-order valence-corrected chi connectivity index (χ1v) is 7.91. The van der Waals surface area contributed by atoms with Crippen molar-refractivity contribution >= 4 is 23.5 Å². The van der Waals surface area contributed by atoms with Gasteiger partial charge in [-0.2, -0.15) is 0 Å². The third-order valence-corrected chi connectivity index (χ3v) is 4.01. The maximum atomic E-state index is 12.6. The summed E-state index contributed by atoms with van der Waals surface area (Å²) in [5.41, 5.74) is 0.887. The number of amides is 2. The molecule has 0 unspecified atom stereocenters. The molecule has 0 bridgehead atoms. The van der Waals surface area contributed by atoms with Crippen LogP contribution >= 0.6 is 0 Å². The number of ether oxygens (including phenoxy) is 1. The fourth-order valence-corrected chi connectivity index (χ4v) is 2.80. The average Bonchev–Trinajstić information content (AvgIpc) is 2.84. The zero-order valence-corrected chi connectivity index (χ0v) is 13.7. The molecule has 0 spiro atoms. The maximum absolute atomic E-state index is 12.6. The second-order valence-corrected chi connectivity index (χ2v) is 5.28. The molecule has 6 nitrogen and oxygen atoms in total. The highest BCUT2D eigenvalue weighted by atomic mass is 16.5. The van der Waals surface area contributed by atoms with E-state index in [1.54, 1.807) is 31.2 Å². The second kappa shape index (κ2) is 7.37. The highest BCUT2D eigenvalue weighted by molar-refractivity contribution is 6.22. The molecular formula is C17H22N2O4. The van der Waals surface area contributed by atoms with E-state index < -0.39 is 12.0 Å². The van der Waals surface area contributed by atoms with Crippen LogP contribution in [0.5, 0.6) is 0 Å². The van der Waals surface area contributed by atoms with Gasteiger partial charge in [-0.1, -0.05) is 13.8 Å². The lowest BCUT2D eigenvalue weighted by atomic mass is 10.2. The van der Waals surface area contributed by atoms with Gasteiger partial charge in [-0.15, -0.1) is 0 Å². The Morgan fingerprint density at radius 2 is 1.78 bits per heavy atom. The average molecular weight is 318 g/mol. The molecule has 2 amide bonds. The van der Waals surface area contributed by atoms with Crippen LogP contribution in [0.4, 0.5) is 5.69 Å². The van der Waals surface area contributed by atoms with Gasteiger partial charge in [0.15, 0.2) is 0 Å². The van der Waals surface area contributed by atoms with Gasteiger partial charge < -0.3 is 4.74 Å². The number of likely N-dealkylation sites (N-methyl/N-ethyl adjacent to an activating group) is 1. The molecular weight excluding hydrogens is 296 g/mol. The molecule has 0 aromatic heterocycles. The summed E-state index contributed by atoms with van der Waals surface area (Å²) < 4.78 is 4.92. The fourth-order valence-electron chi connectivity index (χ4n) is 2.80. The van der Waals surface area contributed by atoms with Crippen LogP contribution in [-0.4, -0.2) is 48.4 Å². The number of anilines is 1.